The summed E-state index contributed by atoms with van der Waals surface area (Å²) in [7, 11) is 0. The van der Waals surface area contributed by atoms with Gasteiger partial charge in [0.15, 0.2) is 5.16 Å². The van der Waals surface area contributed by atoms with E-state index in [4.69, 9.17) is 0 Å². The lowest BCUT2D eigenvalue weighted by molar-refractivity contribution is 0.617. The van der Waals surface area contributed by atoms with Crippen molar-refractivity contribution in [3.05, 3.63) is 71.3 Å². The van der Waals surface area contributed by atoms with Crippen LogP contribution in [-0.2, 0) is 5.75 Å². The lowest BCUT2D eigenvalue weighted by Crippen LogP contribution is -2.00. The normalized spacial score (nSPS) is 10.9. The highest BCUT2D eigenvalue weighted by Gasteiger charge is 2.12. The van der Waals surface area contributed by atoms with Gasteiger partial charge in [-0.05, 0) is 43.2 Å². The van der Waals surface area contributed by atoms with Crippen molar-refractivity contribution in [2.24, 2.45) is 0 Å². The predicted molar refractivity (Wildman–Crippen MR) is 86.8 cm³/mol. The van der Waals surface area contributed by atoms with Gasteiger partial charge in [0, 0.05) is 11.4 Å². The van der Waals surface area contributed by atoms with E-state index in [1.54, 1.807) is 12.1 Å². The molecule has 0 amide bonds. The number of hydrogen-bond acceptors (Lipinski definition) is 3. The molecule has 0 bridgehead atoms. The molecular formula is C17H16FN3S. The second-order valence-corrected chi connectivity index (χ2v) is 6.03. The number of nitrogens with zero attached hydrogens (tertiary/aromatic N) is 3. The molecule has 0 unspecified atom stereocenters. The van der Waals surface area contributed by atoms with Crippen molar-refractivity contribution in [3.63, 3.8) is 0 Å². The third-order valence-corrected chi connectivity index (χ3v) is 4.35. The summed E-state index contributed by atoms with van der Waals surface area (Å²) < 4.78 is 15.7. The molecule has 0 spiro atoms. The lowest BCUT2D eigenvalue weighted by Gasteiger charge is -2.09. The van der Waals surface area contributed by atoms with E-state index >= 15 is 0 Å². The summed E-state index contributed by atoms with van der Waals surface area (Å²) in [5.74, 6) is 1.16. The SMILES string of the molecule is Cc1cccc(-n2c(C)nnc2SCc2ccccc2F)c1. The fourth-order valence-electron chi connectivity index (χ4n) is 2.26. The topological polar surface area (TPSA) is 30.7 Å². The maximum atomic E-state index is 13.7. The van der Waals surface area contributed by atoms with Gasteiger partial charge in [0.1, 0.15) is 11.6 Å². The zero-order valence-corrected chi connectivity index (χ0v) is 13.3. The van der Waals surface area contributed by atoms with Gasteiger partial charge in [0.2, 0.25) is 0 Å². The van der Waals surface area contributed by atoms with E-state index < -0.39 is 0 Å². The number of aryl methyl sites for hydroxylation is 2. The van der Waals surface area contributed by atoms with E-state index in [9.17, 15) is 4.39 Å². The van der Waals surface area contributed by atoms with E-state index in [0.29, 0.717) is 11.3 Å². The van der Waals surface area contributed by atoms with Gasteiger partial charge in [0.25, 0.3) is 0 Å². The van der Waals surface area contributed by atoms with Gasteiger partial charge in [-0.1, -0.05) is 42.1 Å². The molecule has 3 aromatic rings. The molecule has 22 heavy (non-hydrogen) atoms. The van der Waals surface area contributed by atoms with Gasteiger partial charge in [-0.2, -0.15) is 0 Å². The van der Waals surface area contributed by atoms with Crippen LogP contribution in [0, 0.1) is 19.7 Å². The summed E-state index contributed by atoms with van der Waals surface area (Å²) >= 11 is 1.49. The molecule has 0 aliphatic rings. The number of thioether (sulfide) groups is 1. The Morgan fingerprint density at radius 1 is 1.05 bits per heavy atom. The van der Waals surface area contributed by atoms with E-state index in [-0.39, 0.29) is 5.82 Å². The number of rotatable bonds is 4. The summed E-state index contributed by atoms with van der Waals surface area (Å²) in [6.07, 6.45) is 0. The summed E-state index contributed by atoms with van der Waals surface area (Å²) in [6, 6.07) is 15.0. The highest BCUT2D eigenvalue weighted by atomic mass is 32.2. The average molecular weight is 313 g/mol. The van der Waals surface area contributed by atoms with Crippen LogP contribution in [-0.4, -0.2) is 14.8 Å². The molecule has 5 heteroatoms. The van der Waals surface area contributed by atoms with Crippen molar-refractivity contribution >= 4 is 11.8 Å². The summed E-state index contributed by atoms with van der Waals surface area (Å²) in [6.45, 7) is 3.97. The fourth-order valence-corrected chi connectivity index (χ4v) is 3.24. The van der Waals surface area contributed by atoms with E-state index in [1.165, 1.54) is 23.4 Å². The molecule has 0 saturated heterocycles. The van der Waals surface area contributed by atoms with Crippen LogP contribution in [0.3, 0.4) is 0 Å². The molecule has 0 saturated carbocycles. The smallest absolute Gasteiger partial charge is 0.196 e. The van der Waals surface area contributed by atoms with Crippen LogP contribution in [0.5, 0.6) is 0 Å². The molecule has 3 rings (SSSR count). The van der Waals surface area contributed by atoms with E-state index in [0.717, 1.165) is 16.7 Å². The molecule has 2 aromatic carbocycles. The summed E-state index contributed by atoms with van der Waals surface area (Å²) in [5, 5.41) is 9.15. The first-order valence-corrected chi connectivity index (χ1v) is 7.99. The monoisotopic (exact) mass is 313 g/mol. The third kappa shape index (κ3) is 3.04. The summed E-state index contributed by atoms with van der Waals surface area (Å²) in [5.41, 5.74) is 2.87. The molecule has 0 atom stereocenters. The molecule has 0 N–H and O–H groups in total. The molecule has 0 aliphatic carbocycles. The Labute approximate surface area is 133 Å². The second kappa shape index (κ2) is 6.32. The first kappa shape index (κ1) is 14.8. The Balaban J connectivity index is 1.88. The van der Waals surface area contributed by atoms with Crippen LogP contribution in [0.25, 0.3) is 5.69 Å². The van der Waals surface area contributed by atoms with Gasteiger partial charge in [-0.3, -0.25) is 4.57 Å². The molecule has 0 aliphatic heterocycles. The van der Waals surface area contributed by atoms with Crippen LogP contribution in [0.4, 0.5) is 4.39 Å². The third-order valence-electron chi connectivity index (χ3n) is 3.37. The first-order valence-electron chi connectivity index (χ1n) is 7.00. The van der Waals surface area contributed by atoms with Gasteiger partial charge < -0.3 is 0 Å². The highest BCUT2D eigenvalue weighted by Crippen LogP contribution is 2.26. The number of benzene rings is 2. The highest BCUT2D eigenvalue weighted by molar-refractivity contribution is 7.98. The van der Waals surface area contributed by atoms with Crippen molar-refractivity contribution in [1.82, 2.24) is 14.8 Å². The van der Waals surface area contributed by atoms with Crippen molar-refractivity contribution in [3.8, 4) is 5.69 Å². The van der Waals surface area contributed by atoms with Crippen molar-refractivity contribution in [2.75, 3.05) is 0 Å². The van der Waals surface area contributed by atoms with Crippen molar-refractivity contribution < 1.29 is 4.39 Å². The molecule has 3 nitrogen and oxygen atoms in total. The van der Waals surface area contributed by atoms with Gasteiger partial charge in [0.05, 0.1) is 0 Å². The Morgan fingerprint density at radius 3 is 2.64 bits per heavy atom. The van der Waals surface area contributed by atoms with Gasteiger partial charge in [-0.25, -0.2) is 4.39 Å². The zero-order chi connectivity index (χ0) is 15.5. The van der Waals surface area contributed by atoms with E-state index in [2.05, 4.69) is 29.3 Å². The van der Waals surface area contributed by atoms with Crippen LogP contribution >= 0.6 is 11.8 Å². The van der Waals surface area contributed by atoms with Gasteiger partial charge in [-0.15, -0.1) is 10.2 Å². The molecule has 1 heterocycles. The predicted octanol–water partition coefficient (Wildman–Crippen LogP) is 4.32. The molecule has 112 valence electrons. The Hall–Kier alpha value is -2.14. The minimum absolute atomic E-state index is 0.187. The van der Waals surface area contributed by atoms with Crippen LogP contribution in [0.15, 0.2) is 53.7 Å². The van der Waals surface area contributed by atoms with Crippen molar-refractivity contribution in [1.29, 1.82) is 0 Å². The largest absolute Gasteiger partial charge is 0.274 e. The number of aromatic nitrogens is 3. The maximum Gasteiger partial charge on any atom is 0.196 e. The van der Waals surface area contributed by atoms with E-state index in [1.807, 2.05) is 29.7 Å². The van der Waals surface area contributed by atoms with Crippen molar-refractivity contribution in [2.45, 2.75) is 24.8 Å². The Bertz CT molecular complexity index is 798. The van der Waals surface area contributed by atoms with Crippen LogP contribution in [0.1, 0.15) is 17.0 Å². The van der Waals surface area contributed by atoms with Crippen LogP contribution in [0.2, 0.25) is 0 Å². The molecule has 1 aromatic heterocycles. The number of halogens is 1. The minimum Gasteiger partial charge on any atom is -0.274 e. The fraction of sp³-hybridized carbons (Fsp3) is 0.176. The molecule has 0 radical (unpaired) electrons. The van der Waals surface area contributed by atoms with Gasteiger partial charge >= 0.3 is 0 Å². The Kier molecular flexibility index (Phi) is 4.24. The lowest BCUT2D eigenvalue weighted by atomic mass is 10.2. The minimum atomic E-state index is -0.187. The van der Waals surface area contributed by atoms with Crippen LogP contribution < -0.4 is 0 Å². The first-order chi connectivity index (χ1) is 10.6. The molecule has 0 fully saturated rings. The quantitative estimate of drug-likeness (QED) is 0.672. The second-order valence-electron chi connectivity index (χ2n) is 5.08. The number of hydrogen-bond donors (Lipinski definition) is 0. The molecular weight excluding hydrogens is 297 g/mol. The average Bonchev–Trinajstić information content (AvgIpc) is 2.87. The maximum absolute atomic E-state index is 13.7. The Morgan fingerprint density at radius 2 is 1.86 bits per heavy atom. The standard InChI is InChI=1S/C17H16FN3S/c1-12-6-5-8-15(10-12)21-13(2)19-20-17(21)22-11-14-7-3-4-9-16(14)18/h3-10H,11H2,1-2H3. The summed E-state index contributed by atoms with van der Waals surface area (Å²) in [4.78, 5) is 0. The zero-order valence-electron chi connectivity index (χ0n) is 12.5.